The Morgan fingerprint density at radius 3 is 2.79 bits per heavy atom. The zero-order chi connectivity index (χ0) is 13.9. The fourth-order valence-electron chi connectivity index (χ4n) is 2.47. The van der Waals surface area contributed by atoms with Gasteiger partial charge in [-0.2, -0.15) is 0 Å². The van der Waals surface area contributed by atoms with Gasteiger partial charge in [-0.1, -0.05) is 12.1 Å². The van der Waals surface area contributed by atoms with Crippen LogP contribution < -0.4 is 15.2 Å². The SMILES string of the molecule is CNS(=O)(=O)c1ccccc1OC1CCCC1CN. The highest BCUT2D eigenvalue weighted by atomic mass is 32.2. The van der Waals surface area contributed by atoms with E-state index in [-0.39, 0.29) is 11.0 Å². The van der Waals surface area contributed by atoms with Gasteiger partial charge in [-0.15, -0.1) is 0 Å². The van der Waals surface area contributed by atoms with Gasteiger partial charge in [0.2, 0.25) is 10.0 Å². The fraction of sp³-hybridized carbons (Fsp3) is 0.538. The molecule has 2 atom stereocenters. The number of rotatable bonds is 5. The van der Waals surface area contributed by atoms with Crippen LogP contribution in [0.5, 0.6) is 5.75 Å². The molecular weight excluding hydrogens is 264 g/mol. The summed E-state index contributed by atoms with van der Waals surface area (Å²) >= 11 is 0. The normalized spacial score (nSPS) is 23.5. The molecule has 106 valence electrons. The third kappa shape index (κ3) is 3.08. The van der Waals surface area contributed by atoms with Gasteiger partial charge in [-0.05, 0) is 45.0 Å². The predicted molar refractivity (Wildman–Crippen MR) is 73.5 cm³/mol. The Morgan fingerprint density at radius 2 is 2.11 bits per heavy atom. The van der Waals surface area contributed by atoms with Crippen LogP contribution in [0.1, 0.15) is 19.3 Å². The summed E-state index contributed by atoms with van der Waals surface area (Å²) in [6.45, 7) is 0.575. The van der Waals surface area contributed by atoms with E-state index in [9.17, 15) is 8.42 Å². The molecule has 0 aromatic heterocycles. The van der Waals surface area contributed by atoms with Crippen LogP contribution in [-0.4, -0.2) is 28.1 Å². The van der Waals surface area contributed by atoms with Crippen LogP contribution >= 0.6 is 0 Å². The lowest BCUT2D eigenvalue weighted by Gasteiger charge is -2.21. The quantitative estimate of drug-likeness (QED) is 0.848. The van der Waals surface area contributed by atoms with Crippen LogP contribution in [0.4, 0.5) is 0 Å². The maximum Gasteiger partial charge on any atom is 0.243 e. The first-order valence-corrected chi connectivity index (χ1v) is 7.96. The topological polar surface area (TPSA) is 81.4 Å². The number of para-hydroxylation sites is 1. The van der Waals surface area contributed by atoms with Gasteiger partial charge in [0.25, 0.3) is 0 Å². The second-order valence-corrected chi connectivity index (χ2v) is 6.59. The molecule has 0 amide bonds. The van der Waals surface area contributed by atoms with Crippen LogP contribution in [0, 0.1) is 5.92 Å². The van der Waals surface area contributed by atoms with Crippen molar-refractivity contribution in [1.29, 1.82) is 0 Å². The lowest BCUT2D eigenvalue weighted by molar-refractivity contribution is 0.158. The smallest absolute Gasteiger partial charge is 0.243 e. The van der Waals surface area contributed by atoms with Crippen LogP contribution in [-0.2, 0) is 10.0 Å². The molecule has 1 fully saturated rings. The van der Waals surface area contributed by atoms with Gasteiger partial charge in [0.1, 0.15) is 16.7 Å². The number of sulfonamides is 1. The van der Waals surface area contributed by atoms with E-state index < -0.39 is 10.0 Å². The highest BCUT2D eigenvalue weighted by molar-refractivity contribution is 7.89. The van der Waals surface area contributed by atoms with Gasteiger partial charge < -0.3 is 10.5 Å². The van der Waals surface area contributed by atoms with Crippen LogP contribution in [0.25, 0.3) is 0 Å². The zero-order valence-electron chi connectivity index (χ0n) is 11.0. The maximum atomic E-state index is 11.9. The Kier molecular flexibility index (Phi) is 4.44. The molecule has 1 aromatic rings. The number of benzene rings is 1. The standard InChI is InChI=1S/C13H20N2O3S/c1-15-19(16,17)13-8-3-2-6-12(13)18-11-7-4-5-10(11)9-14/h2-3,6,8,10-11,15H,4-5,7,9,14H2,1H3. The Hall–Kier alpha value is -1.11. The van der Waals surface area contributed by atoms with Gasteiger partial charge in [-0.3, -0.25) is 0 Å². The lowest BCUT2D eigenvalue weighted by Crippen LogP contribution is -2.28. The van der Waals surface area contributed by atoms with Crippen molar-refractivity contribution < 1.29 is 13.2 Å². The van der Waals surface area contributed by atoms with E-state index in [1.807, 2.05) is 0 Å². The first kappa shape index (κ1) is 14.3. The largest absolute Gasteiger partial charge is 0.489 e. The third-order valence-corrected chi connectivity index (χ3v) is 5.03. The molecule has 0 aliphatic heterocycles. The van der Waals surface area contributed by atoms with Crippen molar-refractivity contribution in [3.05, 3.63) is 24.3 Å². The van der Waals surface area contributed by atoms with Crippen LogP contribution in [0.15, 0.2) is 29.2 Å². The second-order valence-electron chi connectivity index (χ2n) is 4.74. The minimum atomic E-state index is -3.50. The molecule has 0 bridgehead atoms. The van der Waals surface area contributed by atoms with Gasteiger partial charge in [0.15, 0.2) is 0 Å². The summed E-state index contributed by atoms with van der Waals surface area (Å²) in [5.41, 5.74) is 5.72. The van der Waals surface area contributed by atoms with Gasteiger partial charge in [0, 0.05) is 5.92 Å². The molecule has 19 heavy (non-hydrogen) atoms. The molecule has 1 aliphatic carbocycles. The Morgan fingerprint density at radius 1 is 1.37 bits per heavy atom. The monoisotopic (exact) mass is 284 g/mol. The van der Waals surface area contributed by atoms with Gasteiger partial charge >= 0.3 is 0 Å². The highest BCUT2D eigenvalue weighted by Gasteiger charge is 2.29. The van der Waals surface area contributed by atoms with E-state index in [1.54, 1.807) is 24.3 Å². The van der Waals surface area contributed by atoms with E-state index >= 15 is 0 Å². The molecule has 3 N–H and O–H groups in total. The van der Waals surface area contributed by atoms with Crippen molar-refractivity contribution in [3.8, 4) is 5.75 Å². The molecule has 1 aromatic carbocycles. The van der Waals surface area contributed by atoms with Crippen molar-refractivity contribution in [1.82, 2.24) is 4.72 Å². The molecule has 1 aliphatic rings. The average Bonchev–Trinajstić information content (AvgIpc) is 2.86. The summed E-state index contributed by atoms with van der Waals surface area (Å²) < 4.78 is 32.1. The predicted octanol–water partition coefficient (Wildman–Crippen LogP) is 1.10. The molecule has 0 heterocycles. The highest BCUT2D eigenvalue weighted by Crippen LogP contribution is 2.31. The van der Waals surface area contributed by atoms with Crippen molar-refractivity contribution in [2.45, 2.75) is 30.3 Å². The van der Waals surface area contributed by atoms with Crippen LogP contribution in [0.3, 0.4) is 0 Å². The first-order valence-electron chi connectivity index (χ1n) is 6.48. The summed E-state index contributed by atoms with van der Waals surface area (Å²) in [4.78, 5) is 0.181. The summed E-state index contributed by atoms with van der Waals surface area (Å²) in [6.07, 6.45) is 3.06. The minimum absolute atomic E-state index is 0.0122. The molecule has 0 radical (unpaired) electrons. The lowest BCUT2D eigenvalue weighted by atomic mass is 10.1. The second kappa shape index (κ2) is 5.90. The Bertz CT molecular complexity index is 530. The Balaban J connectivity index is 2.26. The molecule has 2 rings (SSSR count). The maximum absolute atomic E-state index is 11.9. The zero-order valence-corrected chi connectivity index (χ0v) is 11.8. The molecule has 1 saturated carbocycles. The van der Waals surface area contributed by atoms with E-state index in [0.717, 1.165) is 19.3 Å². The summed E-state index contributed by atoms with van der Waals surface area (Å²) in [6, 6.07) is 6.70. The summed E-state index contributed by atoms with van der Waals surface area (Å²) in [5, 5.41) is 0. The number of nitrogens with two attached hydrogens (primary N) is 1. The first-order chi connectivity index (χ1) is 9.08. The number of hydrogen-bond acceptors (Lipinski definition) is 4. The number of ether oxygens (including phenoxy) is 1. The van der Waals surface area contributed by atoms with Crippen LogP contribution in [0.2, 0.25) is 0 Å². The number of hydrogen-bond donors (Lipinski definition) is 2. The Labute approximate surface area is 114 Å². The van der Waals surface area contributed by atoms with Gasteiger partial charge in [0.05, 0.1) is 0 Å². The molecular formula is C13H20N2O3S. The molecule has 0 spiro atoms. The molecule has 6 heteroatoms. The molecule has 5 nitrogen and oxygen atoms in total. The van der Waals surface area contributed by atoms with Crippen molar-refractivity contribution in [2.24, 2.45) is 11.7 Å². The molecule has 0 saturated heterocycles. The summed E-state index contributed by atoms with van der Waals surface area (Å²) in [5.74, 6) is 0.715. The number of nitrogens with one attached hydrogen (secondary N) is 1. The van der Waals surface area contributed by atoms with Crippen molar-refractivity contribution >= 4 is 10.0 Å². The van der Waals surface area contributed by atoms with Crippen molar-refractivity contribution in [3.63, 3.8) is 0 Å². The summed E-state index contributed by atoms with van der Waals surface area (Å²) in [7, 11) is -2.11. The van der Waals surface area contributed by atoms with Crippen molar-refractivity contribution in [2.75, 3.05) is 13.6 Å². The minimum Gasteiger partial charge on any atom is -0.489 e. The fourth-order valence-corrected chi connectivity index (χ4v) is 3.33. The van der Waals surface area contributed by atoms with E-state index in [2.05, 4.69) is 4.72 Å². The molecule has 2 unspecified atom stereocenters. The van der Waals surface area contributed by atoms with Gasteiger partial charge in [-0.25, -0.2) is 13.1 Å². The van der Waals surface area contributed by atoms with E-state index in [1.165, 1.54) is 7.05 Å². The van der Waals surface area contributed by atoms with E-state index in [4.69, 9.17) is 10.5 Å². The van der Waals surface area contributed by atoms with E-state index in [0.29, 0.717) is 18.2 Å². The third-order valence-electron chi connectivity index (χ3n) is 3.58. The average molecular weight is 284 g/mol.